The normalized spacial score (nSPS) is 28.4. The lowest BCUT2D eigenvalue weighted by Crippen LogP contribution is -2.53. The highest BCUT2D eigenvalue weighted by molar-refractivity contribution is 5.85. The molecule has 7 atom stereocenters. The molecule has 1 aromatic rings. The molecule has 9 heteroatoms. The van der Waals surface area contributed by atoms with E-state index < -0.39 is 48.6 Å². The molecule has 37 heavy (non-hydrogen) atoms. The maximum Gasteiger partial charge on any atom is 0.303 e. The van der Waals surface area contributed by atoms with Crippen LogP contribution in [-0.2, 0) is 44.7 Å². The number of Topliss-reactive ketones (excluding diaryl/α,β-unsaturated/α-hetero) is 1. The second kappa shape index (κ2) is 13.6. The van der Waals surface area contributed by atoms with Crippen molar-refractivity contribution >= 4 is 17.7 Å². The number of benzene rings is 1. The van der Waals surface area contributed by atoms with Gasteiger partial charge in [-0.15, -0.1) is 6.58 Å². The Morgan fingerprint density at radius 1 is 1.19 bits per heavy atom. The summed E-state index contributed by atoms with van der Waals surface area (Å²) in [6.07, 6.45) is -3.17. The smallest absolute Gasteiger partial charge is 0.303 e. The number of ketones is 1. The summed E-state index contributed by atoms with van der Waals surface area (Å²) >= 11 is 0. The van der Waals surface area contributed by atoms with Crippen molar-refractivity contribution in [3.05, 3.63) is 60.7 Å². The van der Waals surface area contributed by atoms with E-state index in [0.29, 0.717) is 18.4 Å². The fourth-order valence-electron chi connectivity index (χ4n) is 4.63. The van der Waals surface area contributed by atoms with E-state index in [0.717, 1.165) is 5.56 Å². The summed E-state index contributed by atoms with van der Waals surface area (Å²) in [7, 11) is 0. The van der Waals surface area contributed by atoms with Gasteiger partial charge < -0.3 is 28.8 Å². The zero-order chi connectivity index (χ0) is 26.9. The predicted molar refractivity (Wildman–Crippen MR) is 133 cm³/mol. The average Bonchev–Trinajstić information content (AvgIpc) is 3.16. The summed E-state index contributed by atoms with van der Waals surface area (Å²) < 4.78 is 28.9. The molecule has 0 aromatic heterocycles. The lowest BCUT2D eigenvalue weighted by atomic mass is 9.92. The van der Waals surface area contributed by atoms with E-state index in [1.54, 1.807) is 6.08 Å². The lowest BCUT2D eigenvalue weighted by Gasteiger charge is -2.36. The lowest BCUT2D eigenvalue weighted by molar-refractivity contribution is -0.190. The number of ether oxygens (including phenoxy) is 5. The first kappa shape index (κ1) is 28.7. The van der Waals surface area contributed by atoms with Crippen molar-refractivity contribution < 1.29 is 43.2 Å². The van der Waals surface area contributed by atoms with E-state index in [1.165, 1.54) is 13.8 Å². The third kappa shape index (κ3) is 8.07. The Morgan fingerprint density at radius 3 is 2.57 bits per heavy atom. The molecule has 2 aliphatic rings. The van der Waals surface area contributed by atoms with Crippen LogP contribution in [0.25, 0.3) is 0 Å². The number of hydrogen-bond acceptors (Lipinski definition) is 9. The molecule has 9 nitrogen and oxygen atoms in total. The highest BCUT2D eigenvalue weighted by Gasteiger charge is 2.53. The molecule has 202 valence electrons. The van der Waals surface area contributed by atoms with Gasteiger partial charge in [-0.25, -0.2) is 0 Å². The summed E-state index contributed by atoms with van der Waals surface area (Å²) in [4.78, 5) is 36.1. The van der Waals surface area contributed by atoms with E-state index >= 15 is 0 Å². The van der Waals surface area contributed by atoms with Gasteiger partial charge in [0.05, 0.1) is 18.8 Å². The van der Waals surface area contributed by atoms with Crippen molar-refractivity contribution in [2.24, 2.45) is 0 Å². The molecule has 0 saturated carbocycles. The topological polar surface area (TPSA) is 118 Å². The van der Waals surface area contributed by atoms with Crippen LogP contribution >= 0.6 is 0 Å². The molecule has 0 unspecified atom stereocenters. The minimum Gasteiger partial charge on any atom is -0.461 e. The number of aliphatic hydroxyl groups is 1. The van der Waals surface area contributed by atoms with E-state index in [9.17, 15) is 19.5 Å². The number of esters is 2. The highest BCUT2D eigenvalue weighted by atomic mass is 16.6. The van der Waals surface area contributed by atoms with Crippen molar-refractivity contribution in [2.75, 3.05) is 6.61 Å². The van der Waals surface area contributed by atoms with E-state index in [2.05, 4.69) is 13.2 Å². The molecular weight excluding hydrogens is 480 g/mol. The fourth-order valence-corrected chi connectivity index (χ4v) is 4.63. The summed E-state index contributed by atoms with van der Waals surface area (Å²) in [5.41, 5.74) is 1.45. The Balaban J connectivity index is 1.83. The second-order valence-electron chi connectivity index (χ2n) is 9.41. The van der Waals surface area contributed by atoms with Crippen LogP contribution in [0.5, 0.6) is 0 Å². The third-order valence-corrected chi connectivity index (χ3v) is 6.35. The minimum absolute atomic E-state index is 0.0117. The first-order valence-electron chi connectivity index (χ1n) is 12.4. The van der Waals surface area contributed by atoms with Crippen molar-refractivity contribution in [1.82, 2.24) is 0 Å². The summed E-state index contributed by atoms with van der Waals surface area (Å²) in [5, 5.41) is 11.4. The van der Waals surface area contributed by atoms with Crippen molar-refractivity contribution in [1.29, 1.82) is 0 Å². The fraction of sp³-hybridized carbons (Fsp3) is 0.536. The zero-order valence-electron chi connectivity index (χ0n) is 21.4. The first-order chi connectivity index (χ1) is 17.7. The Kier molecular flexibility index (Phi) is 10.6. The molecule has 1 aromatic carbocycles. The van der Waals surface area contributed by atoms with Gasteiger partial charge in [-0.2, -0.15) is 0 Å². The Labute approximate surface area is 217 Å². The molecule has 0 amide bonds. The first-order valence-corrected chi connectivity index (χ1v) is 12.4. The summed E-state index contributed by atoms with van der Waals surface area (Å²) in [6, 6.07) is 9.43. The molecule has 0 bridgehead atoms. The molecule has 1 N–H and O–H groups in total. The van der Waals surface area contributed by atoms with Gasteiger partial charge in [0, 0.05) is 26.7 Å². The standard InChI is InChI=1S/C28H36O9/c1-5-9-21-12-13-22(31)25(36-21)28(35-19(4)30)27-24(32)26(34-16-20-10-7-6-8-11-20)23(37-27)14-17(2)15-33-18(3)29/h5-8,10-11,21,23-28,32H,1-2,9,12-16H2,3-4H3/t21-,23-,24+,25+,26+,27-,28-/m1/s1. The number of carbonyl (C=O) groups is 3. The Bertz CT molecular complexity index is 960. The van der Waals surface area contributed by atoms with Gasteiger partial charge in [0.15, 0.2) is 18.0 Å². The molecule has 0 radical (unpaired) electrons. The summed E-state index contributed by atoms with van der Waals surface area (Å²) in [6.45, 7) is 10.4. The van der Waals surface area contributed by atoms with Crippen LogP contribution in [0.4, 0.5) is 0 Å². The number of aliphatic hydroxyl groups excluding tert-OH is 1. The van der Waals surface area contributed by atoms with Crippen LogP contribution in [0.3, 0.4) is 0 Å². The quantitative estimate of drug-likeness (QED) is 0.330. The van der Waals surface area contributed by atoms with Crippen LogP contribution < -0.4 is 0 Å². The monoisotopic (exact) mass is 516 g/mol. The average molecular weight is 517 g/mol. The molecule has 2 aliphatic heterocycles. The Hall–Kier alpha value is -2.85. The van der Waals surface area contributed by atoms with Gasteiger partial charge in [0.1, 0.15) is 24.9 Å². The van der Waals surface area contributed by atoms with Crippen molar-refractivity contribution in [3.8, 4) is 0 Å². The molecule has 2 saturated heterocycles. The van der Waals surface area contributed by atoms with Crippen LogP contribution in [0.2, 0.25) is 0 Å². The predicted octanol–water partition coefficient (Wildman–Crippen LogP) is 2.83. The van der Waals surface area contributed by atoms with E-state index in [4.69, 9.17) is 23.7 Å². The largest absolute Gasteiger partial charge is 0.461 e. The maximum absolute atomic E-state index is 12.9. The molecule has 3 rings (SSSR count). The minimum atomic E-state index is -1.24. The van der Waals surface area contributed by atoms with E-state index in [-0.39, 0.29) is 37.9 Å². The van der Waals surface area contributed by atoms with Gasteiger partial charge in [-0.1, -0.05) is 43.0 Å². The van der Waals surface area contributed by atoms with Gasteiger partial charge in [0.2, 0.25) is 0 Å². The van der Waals surface area contributed by atoms with Crippen LogP contribution in [0, 0.1) is 0 Å². The van der Waals surface area contributed by atoms with Gasteiger partial charge in [-0.05, 0) is 24.0 Å². The van der Waals surface area contributed by atoms with Crippen molar-refractivity contribution in [3.63, 3.8) is 0 Å². The molecule has 0 spiro atoms. The van der Waals surface area contributed by atoms with Gasteiger partial charge in [-0.3, -0.25) is 14.4 Å². The molecule has 0 aliphatic carbocycles. The SMILES string of the molecule is C=CC[C@@H]1CCC(=O)[C@@H]([C@@H](OC(C)=O)[C@@H]2O[C@H](CC(=C)COC(C)=O)[C@H](OCc3ccccc3)[C@@H]2O)O1. The van der Waals surface area contributed by atoms with E-state index in [1.807, 2.05) is 30.3 Å². The second-order valence-corrected chi connectivity index (χ2v) is 9.41. The molecular formula is C28H36O9. The van der Waals surface area contributed by atoms with Crippen LogP contribution in [0.15, 0.2) is 55.1 Å². The molecule has 2 fully saturated rings. The third-order valence-electron chi connectivity index (χ3n) is 6.35. The van der Waals surface area contributed by atoms with Gasteiger partial charge in [0.25, 0.3) is 0 Å². The van der Waals surface area contributed by atoms with Crippen molar-refractivity contribution in [2.45, 2.75) is 88.9 Å². The summed E-state index contributed by atoms with van der Waals surface area (Å²) in [5.74, 6) is -1.31. The van der Waals surface area contributed by atoms with Crippen LogP contribution in [0.1, 0.15) is 45.1 Å². The Morgan fingerprint density at radius 2 is 1.92 bits per heavy atom. The van der Waals surface area contributed by atoms with Crippen LogP contribution in [-0.4, -0.2) is 72.2 Å². The number of rotatable bonds is 12. The maximum atomic E-state index is 12.9. The van der Waals surface area contributed by atoms with Gasteiger partial charge >= 0.3 is 11.9 Å². The number of hydrogen-bond donors (Lipinski definition) is 1. The molecule has 2 heterocycles. The number of carbonyl (C=O) groups excluding carboxylic acids is 3. The zero-order valence-corrected chi connectivity index (χ0v) is 21.4. The highest BCUT2D eigenvalue weighted by Crippen LogP contribution is 2.35.